The van der Waals surface area contributed by atoms with E-state index >= 15 is 0 Å². The second-order valence-corrected chi connectivity index (χ2v) is 3.93. The first kappa shape index (κ1) is 14.1. The Kier molecular flexibility index (Phi) is 6.38. The molecule has 6 heteroatoms. The van der Waals surface area contributed by atoms with Gasteiger partial charge in [0.05, 0.1) is 4.92 Å². The number of nitrogens with one attached hydrogen (secondary N) is 1. The molecule has 6 nitrogen and oxygen atoms in total. The van der Waals surface area contributed by atoms with Crippen molar-refractivity contribution in [1.82, 2.24) is 4.98 Å². The van der Waals surface area contributed by atoms with Crippen LogP contribution in [-0.4, -0.2) is 16.1 Å². The van der Waals surface area contributed by atoms with E-state index in [-0.39, 0.29) is 5.69 Å². The minimum absolute atomic E-state index is 0.0240. The van der Waals surface area contributed by atoms with Crippen LogP contribution in [0.2, 0.25) is 0 Å². The minimum Gasteiger partial charge on any atom is -0.262 e. The zero-order valence-corrected chi connectivity index (χ0v) is 10.5. The number of hydrogen-bond donors (Lipinski definition) is 1. The molecule has 1 N–H and O–H groups in total. The van der Waals surface area contributed by atoms with Crippen LogP contribution in [0.15, 0.2) is 23.4 Å². The zero-order chi connectivity index (χ0) is 13.2. The summed E-state index contributed by atoms with van der Waals surface area (Å²) in [5.41, 5.74) is 2.71. The molecule has 1 heterocycles. The molecule has 0 unspecified atom stereocenters. The lowest BCUT2D eigenvalue weighted by molar-refractivity contribution is -0.385. The molecular weight excluding hydrogens is 232 g/mol. The summed E-state index contributed by atoms with van der Waals surface area (Å²) in [4.78, 5) is 13.8. The summed E-state index contributed by atoms with van der Waals surface area (Å²) in [5, 5.41) is 14.4. The number of nitrogens with zero attached hydrogens (tertiary/aromatic N) is 3. The summed E-state index contributed by atoms with van der Waals surface area (Å²) in [6.07, 6.45) is 8.77. The molecule has 0 aliphatic carbocycles. The lowest BCUT2D eigenvalue weighted by atomic mass is 10.2. The molecule has 1 aromatic heterocycles. The normalized spacial score (nSPS) is 10.7. The third-order valence-corrected chi connectivity index (χ3v) is 2.42. The van der Waals surface area contributed by atoms with Crippen LogP contribution in [0.5, 0.6) is 0 Å². The first-order valence-corrected chi connectivity index (χ1v) is 6.12. The molecule has 0 radical (unpaired) electrons. The highest BCUT2D eigenvalue weighted by atomic mass is 16.6. The van der Waals surface area contributed by atoms with E-state index in [2.05, 4.69) is 22.4 Å². The molecule has 0 saturated heterocycles. The fourth-order valence-corrected chi connectivity index (χ4v) is 1.40. The van der Waals surface area contributed by atoms with Gasteiger partial charge in [0.1, 0.15) is 12.0 Å². The molecule has 0 aliphatic rings. The van der Waals surface area contributed by atoms with Gasteiger partial charge in [-0.1, -0.05) is 26.2 Å². The standard InChI is InChI=1S/C12H18N4O2/c1-2-3-4-5-6-9-14-15-12-8-7-11(10-13-12)16(17)18/h7-10H,2-6H2,1H3,(H,13,15). The number of aromatic nitrogens is 1. The van der Waals surface area contributed by atoms with Crippen molar-refractivity contribution in [3.05, 3.63) is 28.4 Å². The monoisotopic (exact) mass is 250 g/mol. The number of pyridine rings is 1. The van der Waals surface area contributed by atoms with E-state index in [1.54, 1.807) is 6.21 Å². The molecule has 1 rings (SSSR count). The molecule has 0 aliphatic heterocycles. The molecule has 0 atom stereocenters. The Balaban J connectivity index is 2.26. The third kappa shape index (κ3) is 5.38. The molecule has 0 aromatic carbocycles. The second kappa shape index (κ2) is 8.16. The Hall–Kier alpha value is -1.98. The molecule has 0 spiro atoms. The molecule has 0 fully saturated rings. The van der Waals surface area contributed by atoms with E-state index in [1.807, 2.05) is 0 Å². The lowest BCUT2D eigenvalue weighted by Crippen LogP contribution is -1.94. The van der Waals surface area contributed by atoms with Gasteiger partial charge in [0.15, 0.2) is 0 Å². The van der Waals surface area contributed by atoms with Crippen molar-refractivity contribution in [3.8, 4) is 0 Å². The summed E-state index contributed by atoms with van der Waals surface area (Å²) < 4.78 is 0. The van der Waals surface area contributed by atoms with Gasteiger partial charge >= 0.3 is 0 Å². The Morgan fingerprint density at radius 1 is 1.44 bits per heavy atom. The van der Waals surface area contributed by atoms with Crippen LogP contribution >= 0.6 is 0 Å². The van der Waals surface area contributed by atoms with Gasteiger partial charge in [-0.05, 0) is 18.9 Å². The number of hydrazone groups is 1. The number of hydrogen-bond acceptors (Lipinski definition) is 5. The van der Waals surface area contributed by atoms with E-state index in [1.165, 1.54) is 37.6 Å². The van der Waals surface area contributed by atoms with Gasteiger partial charge in [-0.25, -0.2) is 4.98 Å². The summed E-state index contributed by atoms with van der Waals surface area (Å²) >= 11 is 0. The van der Waals surface area contributed by atoms with Gasteiger partial charge in [0, 0.05) is 12.3 Å². The summed E-state index contributed by atoms with van der Waals surface area (Å²) in [6.45, 7) is 2.18. The average Bonchev–Trinajstić information content (AvgIpc) is 2.38. The maximum absolute atomic E-state index is 10.4. The van der Waals surface area contributed by atoms with Gasteiger partial charge in [-0.15, -0.1) is 0 Å². The smallest absolute Gasteiger partial charge is 0.262 e. The van der Waals surface area contributed by atoms with Crippen molar-refractivity contribution < 1.29 is 4.92 Å². The summed E-state index contributed by atoms with van der Waals surface area (Å²) in [5.74, 6) is 0.505. The van der Waals surface area contributed by atoms with Gasteiger partial charge in [-0.3, -0.25) is 15.5 Å². The highest BCUT2D eigenvalue weighted by molar-refractivity contribution is 5.58. The van der Waals surface area contributed by atoms with Gasteiger partial charge in [0.25, 0.3) is 5.69 Å². The molecular formula is C12H18N4O2. The Labute approximate surface area is 106 Å². The number of rotatable bonds is 8. The van der Waals surface area contributed by atoms with Gasteiger partial charge in [-0.2, -0.15) is 5.10 Å². The second-order valence-electron chi connectivity index (χ2n) is 3.93. The van der Waals surface area contributed by atoms with E-state index in [9.17, 15) is 10.1 Å². The quantitative estimate of drug-likeness (QED) is 0.332. The SMILES string of the molecule is CCCCCCC=NNc1ccc([N+](=O)[O-])cn1. The maximum Gasteiger partial charge on any atom is 0.287 e. The molecule has 0 amide bonds. The fraction of sp³-hybridized carbons (Fsp3) is 0.500. The van der Waals surface area contributed by atoms with Crippen LogP contribution in [0.3, 0.4) is 0 Å². The van der Waals surface area contributed by atoms with Crippen molar-refractivity contribution in [3.63, 3.8) is 0 Å². The van der Waals surface area contributed by atoms with Crippen LogP contribution in [0.1, 0.15) is 39.0 Å². The van der Waals surface area contributed by atoms with Crippen LogP contribution in [0.25, 0.3) is 0 Å². The lowest BCUT2D eigenvalue weighted by Gasteiger charge is -1.98. The highest BCUT2D eigenvalue weighted by Crippen LogP contribution is 2.11. The summed E-state index contributed by atoms with van der Waals surface area (Å²) in [7, 11) is 0. The van der Waals surface area contributed by atoms with E-state index < -0.39 is 4.92 Å². The average molecular weight is 250 g/mol. The summed E-state index contributed by atoms with van der Waals surface area (Å²) in [6, 6.07) is 2.93. The molecule has 0 saturated carbocycles. The fourth-order valence-electron chi connectivity index (χ4n) is 1.40. The molecule has 98 valence electrons. The zero-order valence-electron chi connectivity index (χ0n) is 10.5. The van der Waals surface area contributed by atoms with Crippen molar-refractivity contribution in [1.29, 1.82) is 0 Å². The third-order valence-electron chi connectivity index (χ3n) is 2.42. The van der Waals surface area contributed by atoms with E-state index in [0.29, 0.717) is 5.82 Å². The minimum atomic E-state index is -0.478. The first-order valence-electron chi connectivity index (χ1n) is 6.12. The van der Waals surface area contributed by atoms with Crippen LogP contribution < -0.4 is 5.43 Å². The molecule has 0 bridgehead atoms. The van der Waals surface area contributed by atoms with Crippen molar-refractivity contribution in [2.45, 2.75) is 39.0 Å². The number of anilines is 1. The predicted molar refractivity (Wildman–Crippen MR) is 71.8 cm³/mol. The van der Waals surface area contributed by atoms with Crippen molar-refractivity contribution in [2.75, 3.05) is 5.43 Å². The van der Waals surface area contributed by atoms with Gasteiger partial charge < -0.3 is 0 Å². The molecule has 1 aromatic rings. The topological polar surface area (TPSA) is 80.4 Å². The van der Waals surface area contributed by atoms with E-state index in [4.69, 9.17) is 0 Å². The van der Waals surface area contributed by atoms with Gasteiger partial charge in [0.2, 0.25) is 0 Å². The first-order chi connectivity index (χ1) is 8.74. The number of nitro groups is 1. The van der Waals surface area contributed by atoms with E-state index in [0.717, 1.165) is 12.8 Å². The molecule has 18 heavy (non-hydrogen) atoms. The predicted octanol–water partition coefficient (Wildman–Crippen LogP) is 3.36. The van der Waals surface area contributed by atoms with Crippen LogP contribution in [0.4, 0.5) is 11.5 Å². The Bertz CT molecular complexity index is 390. The van der Waals surface area contributed by atoms with Crippen LogP contribution in [-0.2, 0) is 0 Å². The Morgan fingerprint density at radius 3 is 2.89 bits per heavy atom. The van der Waals surface area contributed by atoms with Crippen LogP contribution in [0, 0.1) is 10.1 Å². The highest BCUT2D eigenvalue weighted by Gasteiger charge is 2.03. The number of unbranched alkanes of at least 4 members (excludes halogenated alkanes) is 4. The maximum atomic E-state index is 10.4. The largest absolute Gasteiger partial charge is 0.287 e. The van der Waals surface area contributed by atoms with Crippen molar-refractivity contribution >= 4 is 17.7 Å². The Morgan fingerprint density at radius 2 is 2.28 bits per heavy atom. The van der Waals surface area contributed by atoms with Crippen molar-refractivity contribution in [2.24, 2.45) is 5.10 Å².